The Balaban J connectivity index is 1.92. The smallest absolute Gasteiger partial charge is 0.347 e. The first kappa shape index (κ1) is 17.5. The third-order valence-electron chi connectivity index (χ3n) is 3.58. The van der Waals surface area contributed by atoms with Gasteiger partial charge in [-0.15, -0.1) is 0 Å². The third-order valence-corrected chi connectivity index (χ3v) is 3.58. The zero-order valence-corrected chi connectivity index (χ0v) is 13.1. The van der Waals surface area contributed by atoms with Crippen LogP contribution in [0.2, 0.25) is 0 Å². The number of halogens is 3. The van der Waals surface area contributed by atoms with Crippen LogP contribution >= 0.6 is 0 Å². The van der Waals surface area contributed by atoms with Gasteiger partial charge in [0.15, 0.2) is 0 Å². The summed E-state index contributed by atoms with van der Waals surface area (Å²) >= 11 is 0. The quantitative estimate of drug-likeness (QED) is 0.911. The standard InChI is InChI=1S/C14H20F3N5O/c1-21(2)13-18-6-11(7-19-13)20-12(23)10-4-3-5-22(8-10)9-14(15,16)17/h6-7,10H,3-5,8-9H2,1-2H3,(H,20,23)/t10-/m1/s1. The molecule has 0 aromatic carbocycles. The van der Waals surface area contributed by atoms with E-state index < -0.39 is 18.6 Å². The van der Waals surface area contributed by atoms with Crippen LogP contribution in [0.1, 0.15) is 12.8 Å². The summed E-state index contributed by atoms with van der Waals surface area (Å²) in [7, 11) is 3.59. The minimum Gasteiger partial charge on any atom is -0.347 e. The number of rotatable bonds is 4. The highest BCUT2D eigenvalue weighted by Crippen LogP contribution is 2.23. The van der Waals surface area contributed by atoms with Crippen LogP contribution in [0.3, 0.4) is 0 Å². The Kier molecular flexibility index (Phi) is 5.40. The fraction of sp³-hybridized carbons (Fsp3) is 0.643. The second-order valence-corrected chi connectivity index (χ2v) is 5.84. The molecule has 0 spiro atoms. The van der Waals surface area contributed by atoms with Crippen molar-refractivity contribution in [3.05, 3.63) is 12.4 Å². The molecule has 2 rings (SSSR count). The minimum absolute atomic E-state index is 0.113. The van der Waals surface area contributed by atoms with Gasteiger partial charge in [-0.1, -0.05) is 0 Å². The maximum Gasteiger partial charge on any atom is 0.401 e. The molecule has 1 aliphatic rings. The topological polar surface area (TPSA) is 61.4 Å². The predicted molar refractivity (Wildman–Crippen MR) is 80.2 cm³/mol. The van der Waals surface area contributed by atoms with Crippen LogP contribution < -0.4 is 10.2 Å². The van der Waals surface area contributed by atoms with Crippen LogP contribution in [0.15, 0.2) is 12.4 Å². The lowest BCUT2D eigenvalue weighted by Gasteiger charge is -2.32. The van der Waals surface area contributed by atoms with Gasteiger partial charge in [0, 0.05) is 20.6 Å². The van der Waals surface area contributed by atoms with Gasteiger partial charge < -0.3 is 10.2 Å². The number of alkyl halides is 3. The molecular formula is C14H20F3N5O. The molecular weight excluding hydrogens is 311 g/mol. The van der Waals surface area contributed by atoms with Crippen molar-refractivity contribution in [2.45, 2.75) is 19.0 Å². The monoisotopic (exact) mass is 331 g/mol. The second kappa shape index (κ2) is 7.12. The van der Waals surface area contributed by atoms with Gasteiger partial charge in [-0.05, 0) is 19.4 Å². The van der Waals surface area contributed by atoms with Crippen LogP contribution in [-0.4, -0.2) is 60.7 Å². The molecule has 0 aliphatic carbocycles. The van der Waals surface area contributed by atoms with E-state index in [1.807, 2.05) is 0 Å². The summed E-state index contributed by atoms with van der Waals surface area (Å²) in [5.74, 6) is -0.241. The number of carbonyl (C=O) groups excluding carboxylic acids is 1. The number of hydrogen-bond acceptors (Lipinski definition) is 5. The lowest BCUT2D eigenvalue weighted by molar-refractivity contribution is -0.151. The summed E-state index contributed by atoms with van der Waals surface area (Å²) in [4.78, 5) is 23.4. The number of hydrogen-bond donors (Lipinski definition) is 1. The van der Waals surface area contributed by atoms with Crippen molar-refractivity contribution >= 4 is 17.5 Å². The number of amides is 1. The van der Waals surface area contributed by atoms with Gasteiger partial charge in [-0.25, -0.2) is 9.97 Å². The minimum atomic E-state index is -4.24. The highest BCUT2D eigenvalue weighted by atomic mass is 19.4. The van der Waals surface area contributed by atoms with E-state index in [0.717, 1.165) is 0 Å². The molecule has 0 bridgehead atoms. The number of likely N-dealkylation sites (tertiary alicyclic amines) is 1. The fourth-order valence-electron chi connectivity index (χ4n) is 2.53. The van der Waals surface area contributed by atoms with Crippen molar-refractivity contribution in [3.8, 4) is 0 Å². The van der Waals surface area contributed by atoms with E-state index in [9.17, 15) is 18.0 Å². The zero-order chi connectivity index (χ0) is 17.0. The molecule has 1 fully saturated rings. The van der Waals surface area contributed by atoms with Gasteiger partial charge in [-0.3, -0.25) is 9.69 Å². The molecule has 1 aromatic heterocycles. The summed E-state index contributed by atoms with van der Waals surface area (Å²) < 4.78 is 37.4. The maximum absolute atomic E-state index is 12.5. The largest absolute Gasteiger partial charge is 0.401 e. The molecule has 23 heavy (non-hydrogen) atoms. The average molecular weight is 331 g/mol. The van der Waals surface area contributed by atoms with Crippen molar-refractivity contribution in [2.24, 2.45) is 5.92 Å². The van der Waals surface area contributed by atoms with E-state index in [2.05, 4.69) is 15.3 Å². The normalized spacial score (nSPS) is 19.4. The fourth-order valence-corrected chi connectivity index (χ4v) is 2.53. The third kappa shape index (κ3) is 5.34. The summed E-state index contributed by atoms with van der Waals surface area (Å²) in [6.07, 6.45) is -0.123. The van der Waals surface area contributed by atoms with E-state index in [0.29, 0.717) is 31.0 Å². The number of aromatic nitrogens is 2. The zero-order valence-electron chi connectivity index (χ0n) is 13.1. The lowest BCUT2D eigenvalue weighted by Crippen LogP contribution is -2.44. The maximum atomic E-state index is 12.5. The molecule has 0 radical (unpaired) electrons. The number of carbonyl (C=O) groups is 1. The molecule has 128 valence electrons. The average Bonchev–Trinajstić information content (AvgIpc) is 2.46. The van der Waals surface area contributed by atoms with Crippen LogP contribution in [0.4, 0.5) is 24.8 Å². The number of piperidine rings is 1. The molecule has 6 nitrogen and oxygen atoms in total. The molecule has 1 aromatic rings. The molecule has 1 amide bonds. The summed E-state index contributed by atoms with van der Waals surface area (Å²) in [5, 5.41) is 2.67. The highest BCUT2D eigenvalue weighted by Gasteiger charge is 2.34. The van der Waals surface area contributed by atoms with Crippen molar-refractivity contribution in [2.75, 3.05) is 43.9 Å². The van der Waals surface area contributed by atoms with Crippen molar-refractivity contribution in [3.63, 3.8) is 0 Å². The Hall–Kier alpha value is -1.90. The van der Waals surface area contributed by atoms with E-state index in [4.69, 9.17) is 0 Å². The SMILES string of the molecule is CN(C)c1ncc(NC(=O)[C@@H]2CCCN(CC(F)(F)F)C2)cn1. The van der Waals surface area contributed by atoms with E-state index in [1.54, 1.807) is 19.0 Å². The molecule has 1 aliphatic heterocycles. The Bertz CT molecular complexity index is 532. The Morgan fingerprint density at radius 1 is 1.39 bits per heavy atom. The van der Waals surface area contributed by atoms with Crippen LogP contribution in [0.25, 0.3) is 0 Å². The Labute approximate surface area is 132 Å². The Morgan fingerprint density at radius 3 is 2.61 bits per heavy atom. The predicted octanol–water partition coefficient (Wildman–Crippen LogP) is 1.76. The van der Waals surface area contributed by atoms with Gasteiger partial charge in [0.25, 0.3) is 0 Å². The first-order valence-corrected chi connectivity index (χ1v) is 7.34. The van der Waals surface area contributed by atoms with Crippen LogP contribution in [-0.2, 0) is 4.79 Å². The molecule has 9 heteroatoms. The number of nitrogens with one attached hydrogen (secondary N) is 1. The molecule has 2 heterocycles. The highest BCUT2D eigenvalue weighted by molar-refractivity contribution is 5.92. The number of anilines is 2. The van der Waals surface area contributed by atoms with E-state index in [-0.39, 0.29) is 12.5 Å². The first-order valence-electron chi connectivity index (χ1n) is 7.34. The van der Waals surface area contributed by atoms with Gasteiger partial charge in [-0.2, -0.15) is 13.2 Å². The van der Waals surface area contributed by atoms with Gasteiger partial charge in [0.2, 0.25) is 11.9 Å². The van der Waals surface area contributed by atoms with Crippen LogP contribution in [0.5, 0.6) is 0 Å². The Morgan fingerprint density at radius 2 is 2.04 bits per heavy atom. The molecule has 0 unspecified atom stereocenters. The molecule has 1 N–H and O–H groups in total. The van der Waals surface area contributed by atoms with Crippen molar-refractivity contribution in [1.82, 2.24) is 14.9 Å². The lowest BCUT2D eigenvalue weighted by atomic mass is 9.97. The molecule has 1 saturated heterocycles. The first-order chi connectivity index (χ1) is 10.7. The summed E-state index contributed by atoms with van der Waals surface area (Å²) in [6.45, 7) is -0.497. The molecule has 1 atom stereocenters. The van der Waals surface area contributed by atoms with Gasteiger partial charge in [0.05, 0.1) is 30.5 Å². The van der Waals surface area contributed by atoms with Gasteiger partial charge in [0.1, 0.15) is 0 Å². The summed E-state index contributed by atoms with van der Waals surface area (Å²) in [6, 6.07) is 0. The van der Waals surface area contributed by atoms with E-state index >= 15 is 0 Å². The van der Waals surface area contributed by atoms with Crippen molar-refractivity contribution < 1.29 is 18.0 Å². The van der Waals surface area contributed by atoms with E-state index in [1.165, 1.54) is 17.3 Å². The number of nitrogens with zero attached hydrogens (tertiary/aromatic N) is 4. The van der Waals surface area contributed by atoms with Crippen molar-refractivity contribution in [1.29, 1.82) is 0 Å². The second-order valence-electron chi connectivity index (χ2n) is 5.84. The molecule has 0 saturated carbocycles. The van der Waals surface area contributed by atoms with Gasteiger partial charge >= 0.3 is 6.18 Å². The summed E-state index contributed by atoms with van der Waals surface area (Å²) in [5.41, 5.74) is 0.438. The van der Waals surface area contributed by atoms with Crippen LogP contribution in [0, 0.1) is 5.92 Å².